The van der Waals surface area contributed by atoms with Crippen LogP contribution < -0.4 is 0 Å². The van der Waals surface area contributed by atoms with Gasteiger partial charge in [0.05, 0.1) is 18.6 Å². The Labute approximate surface area is 150 Å². The average molecular weight is 356 g/mol. The average Bonchev–Trinajstić information content (AvgIpc) is 3.28. The van der Waals surface area contributed by atoms with E-state index < -0.39 is 11.0 Å². The molecule has 6 nitrogen and oxygen atoms in total. The van der Waals surface area contributed by atoms with Gasteiger partial charge in [0.2, 0.25) is 0 Å². The fourth-order valence-electron chi connectivity index (χ4n) is 6.68. The van der Waals surface area contributed by atoms with E-state index in [0.717, 1.165) is 17.6 Å². The number of hydrogen-bond donors (Lipinski definition) is 0. The maximum absolute atomic E-state index is 13.2. The molecule has 5 aliphatic rings. The third-order valence-electron chi connectivity index (χ3n) is 7.73. The highest BCUT2D eigenvalue weighted by Gasteiger charge is 2.78. The van der Waals surface area contributed by atoms with Crippen molar-refractivity contribution in [3.8, 4) is 0 Å². The van der Waals surface area contributed by atoms with Crippen molar-refractivity contribution in [2.24, 2.45) is 16.7 Å². The van der Waals surface area contributed by atoms with E-state index in [0.29, 0.717) is 25.9 Å². The Hall–Kier alpha value is -2.08. The van der Waals surface area contributed by atoms with E-state index in [2.05, 4.69) is 6.92 Å². The Balaban J connectivity index is 1.51. The zero-order chi connectivity index (χ0) is 17.7. The number of cyclic esters (lactones) is 2. The summed E-state index contributed by atoms with van der Waals surface area (Å²) < 4.78 is 23.0. The van der Waals surface area contributed by atoms with E-state index in [4.69, 9.17) is 18.6 Å². The lowest BCUT2D eigenvalue weighted by molar-refractivity contribution is -0.214. The molecular formula is C20H20O6. The molecule has 0 radical (unpaired) electrons. The minimum atomic E-state index is -0.914. The fraction of sp³-hybridized carbons (Fsp3) is 0.600. The van der Waals surface area contributed by atoms with Crippen LogP contribution in [0, 0.1) is 16.7 Å². The molecule has 6 rings (SSSR count). The minimum Gasteiger partial charge on any atom is -0.472 e. The predicted molar refractivity (Wildman–Crippen MR) is 86.7 cm³/mol. The standard InChI is InChI=1S/C20H20O6/c1-18-8-14(11-4-7-23-9-11)25-17(22)20(18)6-5-19-10-24-16(21)12(19)2-3-13(26-20)15(18)19/h2,4,7,9,13-15H,3,5-6,8,10H2,1H3/t13-,14-,15+,18-,19-,20-/m1/s1. The van der Waals surface area contributed by atoms with Gasteiger partial charge >= 0.3 is 11.9 Å². The van der Waals surface area contributed by atoms with Gasteiger partial charge in [0.15, 0.2) is 5.60 Å². The maximum Gasteiger partial charge on any atom is 0.339 e. The number of hydrogen-bond acceptors (Lipinski definition) is 6. The topological polar surface area (TPSA) is 75.0 Å². The summed E-state index contributed by atoms with van der Waals surface area (Å²) in [6.45, 7) is 2.55. The van der Waals surface area contributed by atoms with E-state index >= 15 is 0 Å². The van der Waals surface area contributed by atoms with E-state index in [-0.39, 0.29) is 35.5 Å². The lowest BCUT2D eigenvalue weighted by Crippen LogP contribution is -2.63. The molecule has 26 heavy (non-hydrogen) atoms. The van der Waals surface area contributed by atoms with Gasteiger partial charge in [-0.25, -0.2) is 9.59 Å². The lowest BCUT2D eigenvalue weighted by atomic mass is 9.45. The molecule has 2 aliphatic carbocycles. The molecule has 4 heterocycles. The molecule has 6 heteroatoms. The highest BCUT2D eigenvalue weighted by Crippen LogP contribution is 2.73. The summed E-state index contributed by atoms with van der Waals surface area (Å²) in [5.74, 6) is -0.387. The third kappa shape index (κ3) is 1.43. The summed E-state index contributed by atoms with van der Waals surface area (Å²) in [4.78, 5) is 25.5. The number of carbonyl (C=O) groups is 2. The molecule has 2 bridgehead atoms. The Morgan fingerprint density at radius 3 is 2.92 bits per heavy atom. The number of carbonyl (C=O) groups excluding carboxylic acids is 2. The Bertz CT molecular complexity index is 856. The lowest BCUT2D eigenvalue weighted by Gasteiger charge is -2.56. The van der Waals surface area contributed by atoms with E-state index in [1.165, 1.54) is 0 Å². The molecule has 1 aromatic heterocycles. The molecule has 6 atom stereocenters. The summed E-state index contributed by atoms with van der Waals surface area (Å²) in [5.41, 5.74) is 0.0333. The molecule has 1 aromatic rings. The first-order valence-corrected chi connectivity index (χ1v) is 9.29. The van der Waals surface area contributed by atoms with Gasteiger partial charge in [-0.05, 0) is 31.7 Å². The van der Waals surface area contributed by atoms with Crippen LogP contribution in [-0.4, -0.2) is 30.3 Å². The second kappa shape index (κ2) is 4.42. The minimum absolute atomic E-state index is 0.0728. The highest BCUT2D eigenvalue weighted by atomic mass is 16.6. The molecule has 0 amide bonds. The van der Waals surface area contributed by atoms with Gasteiger partial charge in [0.25, 0.3) is 0 Å². The van der Waals surface area contributed by atoms with Crippen LogP contribution in [0.3, 0.4) is 0 Å². The van der Waals surface area contributed by atoms with Crippen molar-refractivity contribution in [2.75, 3.05) is 6.61 Å². The van der Waals surface area contributed by atoms with Gasteiger partial charge < -0.3 is 18.6 Å². The second-order valence-corrected chi connectivity index (χ2v) is 8.62. The SMILES string of the molecule is C[C@]12C[C@H](c3ccoc3)OC(=O)[C@]13CC[C@@]14COC(=O)C1=CC[C@@H](O3)[C@H]42. The first-order valence-electron chi connectivity index (χ1n) is 9.29. The van der Waals surface area contributed by atoms with E-state index in [1.807, 2.05) is 12.1 Å². The summed E-state index contributed by atoms with van der Waals surface area (Å²) in [6, 6.07) is 1.84. The van der Waals surface area contributed by atoms with E-state index in [1.54, 1.807) is 12.5 Å². The smallest absolute Gasteiger partial charge is 0.339 e. The van der Waals surface area contributed by atoms with Crippen LogP contribution >= 0.6 is 0 Å². The number of rotatable bonds is 1. The second-order valence-electron chi connectivity index (χ2n) is 8.62. The Kier molecular flexibility index (Phi) is 2.55. The Morgan fingerprint density at radius 2 is 2.12 bits per heavy atom. The molecule has 3 aliphatic heterocycles. The van der Waals surface area contributed by atoms with Crippen LogP contribution in [0.1, 0.15) is 44.3 Å². The monoisotopic (exact) mass is 356 g/mol. The van der Waals surface area contributed by atoms with Gasteiger partial charge in [0, 0.05) is 27.9 Å². The largest absolute Gasteiger partial charge is 0.472 e. The van der Waals surface area contributed by atoms with Crippen molar-refractivity contribution >= 4 is 11.9 Å². The van der Waals surface area contributed by atoms with Crippen molar-refractivity contribution in [3.05, 3.63) is 35.8 Å². The number of furan rings is 1. The summed E-state index contributed by atoms with van der Waals surface area (Å²) in [6.07, 6.45) is 7.42. The quantitative estimate of drug-likeness (QED) is 0.720. The summed E-state index contributed by atoms with van der Waals surface area (Å²) in [5, 5.41) is 0. The molecular weight excluding hydrogens is 336 g/mol. The summed E-state index contributed by atoms with van der Waals surface area (Å²) >= 11 is 0. The zero-order valence-corrected chi connectivity index (χ0v) is 14.5. The number of ether oxygens (including phenoxy) is 3. The van der Waals surface area contributed by atoms with Gasteiger partial charge in [-0.2, -0.15) is 0 Å². The van der Waals surface area contributed by atoms with E-state index in [9.17, 15) is 9.59 Å². The van der Waals surface area contributed by atoms with Crippen LogP contribution in [0.4, 0.5) is 0 Å². The predicted octanol–water partition coefficient (Wildman–Crippen LogP) is 2.69. The van der Waals surface area contributed by atoms with Crippen LogP contribution in [0.25, 0.3) is 0 Å². The molecule has 0 aromatic carbocycles. The van der Waals surface area contributed by atoms with Gasteiger partial charge in [-0.3, -0.25) is 0 Å². The van der Waals surface area contributed by atoms with Crippen molar-refractivity contribution in [2.45, 2.75) is 50.4 Å². The molecule has 1 spiro atoms. The van der Waals surface area contributed by atoms with Crippen LogP contribution in [-0.2, 0) is 23.8 Å². The normalized spacial score (nSPS) is 48.3. The van der Waals surface area contributed by atoms with Crippen LogP contribution in [0.5, 0.6) is 0 Å². The molecule has 136 valence electrons. The molecule has 0 unspecified atom stereocenters. The summed E-state index contributed by atoms with van der Waals surface area (Å²) in [7, 11) is 0. The fourth-order valence-corrected chi connectivity index (χ4v) is 6.68. The number of esters is 2. The van der Waals surface area contributed by atoms with Crippen molar-refractivity contribution in [3.63, 3.8) is 0 Å². The third-order valence-corrected chi connectivity index (χ3v) is 7.73. The first-order chi connectivity index (χ1) is 12.5. The van der Waals surface area contributed by atoms with Crippen LogP contribution in [0.2, 0.25) is 0 Å². The molecule has 1 saturated carbocycles. The highest BCUT2D eigenvalue weighted by molar-refractivity contribution is 5.93. The molecule has 0 N–H and O–H groups in total. The van der Waals surface area contributed by atoms with Crippen molar-refractivity contribution in [1.29, 1.82) is 0 Å². The maximum atomic E-state index is 13.2. The van der Waals surface area contributed by atoms with Gasteiger partial charge in [-0.1, -0.05) is 13.0 Å². The van der Waals surface area contributed by atoms with Gasteiger partial charge in [-0.15, -0.1) is 0 Å². The zero-order valence-electron chi connectivity index (χ0n) is 14.5. The molecule has 3 saturated heterocycles. The van der Waals surface area contributed by atoms with Crippen LogP contribution in [0.15, 0.2) is 34.7 Å². The first kappa shape index (κ1) is 15.0. The molecule has 4 fully saturated rings. The van der Waals surface area contributed by atoms with Crippen molar-refractivity contribution in [1.82, 2.24) is 0 Å². The Morgan fingerprint density at radius 1 is 1.23 bits per heavy atom. The van der Waals surface area contributed by atoms with Crippen molar-refractivity contribution < 1.29 is 28.2 Å². The van der Waals surface area contributed by atoms with Gasteiger partial charge in [0.1, 0.15) is 12.7 Å².